The van der Waals surface area contributed by atoms with Gasteiger partial charge in [-0.3, -0.25) is 0 Å². The van der Waals surface area contributed by atoms with Gasteiger partial charge in [-0.2, -0.15) is 4.37 Å². The van der Waals surface area contributed by atoms with Crippen molar-refractivity contribution in [2.75, 3.05) is 0 Å². The van der Waals surface area contributed by atoms with Gasteiger partial charge in [0.05, 0.1) is 0 Å². The summed E-state index contributed by atoms with van der Waals surface area (Å²) in [7, 11) is 0. The third-order valence-corrected chi connectivity index (χ3v) is 5.53. The first-order valence-electron chi connectivity index (χ1n) is 6.03. The zero-order chi connectivity index (χ0) is 12.5. The van der Waals surface area contributed by atoms with Crippen LogP contribution in [0.4, 0.5) is 0 Å². The van der Waals surface area contributed by atoms with Gasteiger partial charge >= 0.3 is 0 Å². The molecule has 94 valence electrons. The average Bonchev–Trinajstić information content (AvgIpc) is 2.89. The first kappa shape index (κ1) is 12.1. The van der Waals surface area contributed by atoms with Crippen molar-refractivity contribution in [1.29, 1.82) is 0 Å². The lowest BCUT2D eigenvalue weighted by molar-refractivity contribution is 0.527. The molecular formula is C13H15N3S2. The number of nitrogens with two attached hydrogens (primary N) is 1. The summed E-state index contributed by atoms with van der Waals surface area (Å²) in [5, 5.41) is 0.392. The Kier molecular flexibility index (Phi) is 3.37. The van der Waals surface area contributed by atoms with Crippen molar-refractivity contribution in [3.8, 4) is 0 Å². The summed E-state index contributed by atoms with van der Waals surface area (Å²) in [6.45, 7) is 2.28. The van der Waals surface area contributed by atoms with Crippen molar-refractivity contribution in [1.82, 2.24) is 9.36 Å². The molecule has 3 atom stereocenters. The molecule has 0 saturated carbocycles. The summed E-state index contributed by atoms with van der Waals surface area (Å²) in [4.78, 5) is 4.24. The Balaban J connectivity index is 1.87. The average molecular weight is 277 g/mol. The lowest BCUT2D eigenvalue weighted by Crippen LogP contribution is -2.30. The number of hydrogen-bond acceptors (Lipinski definition) is 5. The molecule has 0 fully saturated rings. The van der Waals surface area contributed by atoms with Crippen LogP contribution < -0.4 is 5.73 Å². The van der Waals surface area contributed by atoms with Crippen molar-refractivity contribution in [2.24, 2.45) is 5.73 Å². The smallest absolute Gasteiger partial charge is 0.170 e. The molecule has 3 unspecified atom stereocenters. The van der Waals surface area contributed by atoms with Crippen LogP contribution in [-0.2, 0) is 0 Å². The Morgan fingerprint density at radius 1 is 1.33 bits per heavy atom. The SMILES string of the molecule is CC1CC(Sc2ncns2)C(N)c2ccccc21. The molecule has 18 heavy (non-hydrogen) atoms. The van der Waals surface area contributed by atoms with Gasteiger partial charge < -0.3 is 5.73 Å². The van der Waals surface area contributed by atoms with Crippen LogP contribution in [0.3, 0.4) is 0 Å². The molecule has 3 nitrogen and oxygen atoms in total. The van der Waals surface area contributed by atoms with E-state index in [9.17, 15) is 0 Å². The van der Waals surface area contributed by atoms with E-state index in [2.05, 4.69) is 40.5 Å². The molecule has 2 aromatic rings. The van der Waals surface area contributed by atoms with Crippen molar-refractivity contribution in [3.05, 3.63) is 41.7 Å². The molecule has 3 rings (SSSR count). The fourth-order valence-electron chi connectivity index (χ4n) is 2.55. The minimum atomic E-state index is 0.0892. The van der Waals surface area contributed by atoms with E-state index in [4.69, 9.17) is 5.73 Å². The van der Waals surface area contributed by atoms with E-state index in [1.54, 1.807) is 18.1 Å². The number of fused-ring (bicyclic) bond motifs is 1. The number of thioether (sulfide) groups is 1. The van der Waals surface area contributed by atoms with E-state index < -0.39 is 0 Å². The highest BCUT2D eigenvalue weighted by atomic mass is 32.2. The number of nitrogens with zero attached hydrogens (tertiary/aromatic N) is 2. The Labute approximate surface area is 115 Å². The van der Waals surface area contributed by atoms with Crippen molar-refractivity contribution in [2.45, 2.75) is 34.9 Å². The maximum Gasteiger partial charge on any atom is 0.170 e. The van der Waals surface area contributed by atoms with E-state index in [0.717, 1.165) is 10.8 Å². The molecule has 1 aliphatic rings. The summed E-state index contributed by atoms with van der Waals surface area (Å²) >= 11 is 3.21. The number of benzene rings is 1. The Morgan fingerprint density at radius 2 is 2.11 bits per heavy atom. The standard InChI is InChI=1S/C13H15N3S2/c1-8-6-11(17-13-15-7-16-18-13)12(14)10-5-3-2-4-9(8)10/h2-5,7-8,11-12H,6,14H2,1H3. The molecule has 1 aliphatic carbocycles. The first-order chi connectivity index (χ1) is 8.75. The minimum absolute atomic E-state index is 0.0892. The Bertz CT molecular complexity index is 527. The van der Waals surface area contributed by atoms with E-state index in [-0.39, 0.29) is 6.04 Å². The topological polar surface area (TPSA) is 51.8 Å². The molecule has 0 spiro atoms. The van der Waals surface area contributed by atoms with Crippen LogP contribution in [-0.4, -0.2) is 14.6 Å². The van der Waals surface area contributed by atoms with Gasteiger partial charge in [-0.1, -0.05) is 43.0 Å². The fraction of sp³-hybridized carbons (Fsp3) is 0.385. The zero-order valence-electron chi connectivity index (χ0n) is 10.1. The second kappa shape index (κ2) is 4.99. The van der Waals surface area contributed by atoms with Gasteiger partial charge in [-0.15, -0.1) is 0 Å². The highest BCUT2D eigenvalue weighted by Gasteiger charge is 2.31. The largest absolute Gasteiger partial charge is 0.323 e. The second-order valence-corrected chi connectivity index (χ2v) is 6.92. The molecule has 0 amide bonds. The highest BCUT2D eigenvalue weighted by Crippen LogP contribution is 2.43. The van der Waals surface area contributed by atoms with E-state index >= 15 is 0 Å². The molecule has 1 aromatic heterocycles. The monoisotopic (exact) mass is 277 g/mol. The molecule has 0 saturated heterocycles. The third kappa shape index (κ3) is 2.18. The first-order valence-corrected chi connectivity index (χ1v) is 7.68. The summed E-state index contributed by atoms with van der Waals surface area (Å²) < 4.78 is 5.06. The predicted molar refractivity (Wildman–Crippen MR) is 76.0 cm³/mol. The predicted octanol–water partition coefficient (Wildman–Crippen LogP) is 3.21. The number of hydrogen-bond donors (Lipinski definition) is 1. The quantitative estimate of drug-likeness (QED) is 0.916. The molecule has 1 aromatic carbocycles. The van der Waals surface area contributed by atoms with Gasteiger partial charge in [0.15, 0.2) is 4.34 Å². The van der Waals surface area contributed by atoms with Crippen LogP contribution in [0.1, 0.15) is 36.4 Å². The number of aromatic nitrogens is 2. The zero-order valence-corrected chi connectivity index (χ0v) is 11.7. The van der Waals surface area contributed by atoms with Gasteiger partial charge in [-0.05, 0) is 35.0 Å². The van der Waals surface area contributed by atoms with Crippen molar-refractivity contribution >= 4 is 23.3 Å². The van der Waals surface area contributed by atoms with Crippen molar-refractivity contribution < 1.29 is 0 Å². The summed E-state index contributed by atoms with van der Waals surface area (Å²) in [6, 6.07) is 8.62. The third-order valence-electron chi connectivity index (χ3n) is 3.47. The van der Waals surface area contributed by atoms with Crippen LogP contribution >= 0.6 is 23.3 Å². The molecule has 1 heterocycles. The summed E-state index contributed by atoms with van der Waals surface area (Å²) in [5.41, 5.74) is 9.10. The van der Waals surface area contributed by atoms with Crippen molar-refractivity contribution in [3.63, 3.8) is 0 Å². The van der Waals surface area contributed by atoms with E-state index in [0.29, 0.717) is 11.2 Å². The maximum atomic E-state index is 6.41. The maximum absolute atomic E-state index is 6.41. The Hall–Kier alpha value is -0.910. The minimum Gasteiger partial charge on any atom is -0.323 e. The van der Waals surface area contributed by atoms with Crippen LogP contribution in [0.2, 0.25) is 0 Å². The molecule has 2 N–H and O–H groups in total. The lowest BCUT2D eigenvalue weighted by atomic mass is 9.81. The van der Waals surface area contributed by atoms with Gasteiger partial charge in [0.1, 0.15) is 6.33 Å². The molecule has 0 radical (unpaired) electrons. The van der Waals surface area contributed by atoms with Gasteiger partial charge in [0.25, 0.3) is 0 Å². The lowest BCUT2D eigenvalue weighted by Gasteiger charge is -2.33. The molecule has 5 heteroatoms. The number of rotatable bonds is 2. The van der Waals surface area contributed by atoms with Gasteiger partial charge in [0, 0.05) is 11.3 Å². The van der Waals surface area contributed by atoms with E-state index in [1.807, 2.05) is 0 Å². The molecular weight excluding hydrogens is 262 g/mol. The van der Waals surface area contributed by atoms with Crippen LogP contribution in [0.5, 0.6) is 0 Å². The second-order valence-electron chi connectivity index (χ2n) is 4.65. The van der Waals surface area contributed by atoms with Gasteiger partial charge in [0.2, 0.25) is 0 Å². The summed E-state index contributed by atoms with van der Waals surface area (Å²) in [6.07, 6.45) is 2.71. The van der Waals surface area contributed by atoms with Crippen LogP contribution in [0, 0.1) is 0 Å². The fourth-order valence-corrected chi connectivity index (χ4v) is 4.55. The van der Waals surface area contributed by atoms with Gasteiger partial charge in [-0.25, -0.2) is 4.98 Å². The van der Waals surface area contributed by atoms with Crippen LogP contribution in [0.15, 0.2) is 34.9 Å². The molecule has 0 bridgehead atoms. The van der Waals surface area contributed by atoms with Crippen LogP contribution in [0.25, 0.3) is 0 Å². The summed E-state index contributed by atoms with van der Waals surface area (Å²) in [5.74, 6) is 0.562. The Morgan fingerprint density at radius 3 is 2.83 bits per heavy atom. The highest BCUT2D eigenvalue weighted by molar-refractivity contribution is 8.01. The molecule has 0 aliphatic heterocycles. The normalized spacial score (nSPS) is 26.9. The van der Waals surface area contributed by atoms with E-state index in [1.165, 1.54) is 22.7 Å².